The molecule has 1 aromatic carbocycles. The minimum atomic E-state index is -0.423. The van der Waals surface area contributed by atoms with Crippen molar-refractivity contribution in [2.24, 2.45) is 5.92 Å². The minimum Gasteiger partial charge on any atom is -0.497 e. The molecule has 1 aliphatic heterocycles. The molecule has 0 bridgehead atoms. The average Bonchev–Trinajstić information content (AvgIpc) is 3.42. The third-order valence-electron chi connectivity index (χ3n) is 4.27. The molecule has 1 unspecified atom stereocenters. The highest BCUT2D eigenvalue weighted by Crippen LogP contribution is 2.31. The van der Waals surface area contributed by atoms with E-state index < -0.39 is 5.92 Å². The first-order valence-corrected chi connectivity index (χ1v) is 9.96. The molecule has 138 valence electrons. The summed E-state index contributed by atoms with van der Waals surface area (Å²) in [6.07, 6.45) is 0.175. The Morgan fingerprint density at radius 3 is 2.78 bits per heavy atom. The number of thiophene rings is 1. The van der Waals surface area contributed by atoms with Gasteiger partial charge in [0, 0.05) is 18.7 Å². The van der Waals surface area contributed by atoms with Gasteiger partial charge in [0.1, 0.15) is 5.75 Å². The van der Waals surface area contributed by atoms with Gasteiger partial charge in [-0.2, -0.15) is 0 Å². The fraction of sp³-hybridized carbons (Fsp3) is 0.222. The lowest BCUT2D eigenvalue weighted by molar-refractivity contribution is -0.122. The number of aromatic nitrogens is 2. The van der Waals surface area contributed by atoms with Crippen LogP contribution >= 0.6 is 22.7 Å². The van der Waals surface area contributed by atoms with E-state index in [0.717, 1.165) is 21.3 Å². The number of ether oxygens (including phenoxy) is 1. The van der Waals surface area contributed by atoms with Crippen molar-refractivity contribution < 1.29 is 14.3 Å². The number of carbonyl (C=O) groups excluding carboxylic acids is 2. The zero-order valence-electron chi connectivity index (χ0n) is 14.4. The topological polar surface area (TPSA) is 84.4 Å². The van der Waals surface area contributed by atoms with E-state index in [1.54, 1.807) is 35.5 Å². The summed E-state index contributed by atoms with van der Waals surface area (Å²) in [5.41, 5.74) is 0.756. The molecule has 0 saturated carbocycles. The standard InChI is InChI=1S/C18H16N4O3S2/c1-25-13-6-4-12(5-7-13)22-10-11(9-15(22)23)16(24)19-18-21-20-17(27-18)14-3-2-8-26-14/h2-8,11H,9-10H2,1H3,(H,19,21,24). The van der Waals surface area contributed by atoms with E-state index in [4.69, 9.17) is 4.74 Å². The van der Waals surface area contributed by atoms with Gasteiger partial charge in [-0.15, -0.1) is 21.5 Å². The summed E-state index contributed by atoms with van der Waals surface area (Å²) in [6.45, 7) is 0.341. The predicted molar refractivity (Wildman–Crippen MR) is 105 cm³/mol. The molecule has 3 heterocycles. The van der Waals surface area contributed by atoms with Gasteiger partial charge in [-0.1, -0.05) is 17.4 Å². The summed E-state index contributed by atoms with van der Waals surface area (Å²) in [4.78, 5) is 27.5. The van der Waals surface area contributed by atoms with Crippen molar-refractivity contribution in [2.75, 3.05) is 23.9 Å². The third-order valence-corrected chi connectivity index (χ3v) is 6.14. The molecule has 4 rings (SSSR count). The van der Waals surface area contributed by atoms with Gasteiger partial charge in [-0.25, -0.2) is 0 Å². The molecule has 1 aliphatic rings. The summed E-state index contributed by atoms with van der Waals surface area (Å²) >= 11 is 2.89. The second-order valence-corrected chi connectivity index (χ2v) is 7.91. The number of hydrogen-bond donors (Lipinski definition) is 1. The molecule has 2 aromatic heterocycles. The van der Waals surface area contributed by atoms with Crippen molar-refractivity contribution in [3.63, 3.8) is 0 Å². The van der Waals surface area contributed by atoms with E-state index >= 15 is 0 Å². The van der Waals surface area contributed by atoms with E-state index in [2.05, 4.69) is 15.5 Å². The van der Waals surface area contributed by atoms with Crippen LogP contribution in [0.4, 0.5) is 10.8 Å². The Kier molecular flexibility index (Phi) is 4.87. The summed E-state index contributed by atoms with van der Waals surface area (Å²) < 4.78 is 5.13. The second-order valence-electron chi connectivity index (χ2n) is 5.98. The third kappa shape index (κ3) is 3.69. The van der Waals surface area contributed by atoms with Crippen molar-refractivity contribution in [1.82, 2.24) is 10.2 Å². The molecule has 3 aromatic rings. The molecule has 0 radical (unpaired) electrons. The highest BCUT2D eigenvalue weighted by atomic mass is 32.1. The Balaban J connectivity index is 1.41. The summed E-state index contributed by atoms with van der Waals surface area (Å²) in [6, 6.07) is 11.1. The summed E-state index contributed by atoms with van der Waals surface area (Å²) in [7, 11) is 1.59. The van der Waals surface area contributed by atoms with Crippen LogP contribution in [0.2, 0.25) is 0 Å². The van der Waals surface area contributed by atoms with Crippen LogP contribution in [0.15, 0.2) is 41.8 Å². The van der Waals surface area contributed by atoms with Crippen molar-refractivity contribution in [3.8, 4) is 15.6 Å². The largest absolute Gasteiger partial charge is 0.497 e. The van der Waals surface area contributed by atoms with Crippen molar-refractivity contribution in [1.29, 1.82) is 0 Å². The van der Waals surface area contributed by atoms with E-state index in [-0.39, 0.29) is 18.2 Å². The Bertz CT molecular complexity index is 953. The number of carbonyl (C=O) groups is 2. The minimum absolute atomic E-state index is 0.0724. The van der Waals surface area contributed by atoms with Crippen molar-refractivity contribution >= 4 is 45.3 Å². The van der Waals surface area contributed by atoms with Crippen LogP contribution in [0.1, 0.15) is 6.42 Å². The maximum Gasteiger partial charge on any atom is 0.231 e. The number of anilines is 2. The van der Waals surface area contributed by atoms with Crippen molar-refractivity contribution in [3.05, 3.63) is 41.8 Å². The van der Waals surface area contributed by atoms with E-state index in [0.29, 0.717) is 11.7 Å². The molecule has 0 aliphatic carbocycles. The van der Waals surface area contributed by atoms with Gasteiger partial charge in [-0.3, -0.25) is 9.59 Å². The van der Waals surface area contributed by atoms with Crippen molar-refractivity contribution in [2.45, 2.75) is 6.42 Å². The van der Waals surface area contributed by atoms with Crippen LogP contribution in [-0.2, 0) is 9.59 Å². The quantitative estimate of drug-likeness (QED) is 0.711. The number of nitrogens with one attached hydrogen (secondary N) is 1. The van der Waals surface area contributed by atoms with Crippen LogP contribution in [0.25, 0.3) is 9.88 Å². The zero-order valence-corrected chi connectivity index (χ0v) is 16.0. The van der Waals surface area contributed by atoms with Crippen LogP contribution in [0, 0.1) is 5.92 Å². The van der Waals surface area contributed by atoms with Gasteiger partial charge in [0.25, 0.3) is 0 Å². The molecule has 0 spiro atoms. The Morgan fingerprint density at radius 2 is 2.07 bits per heavy atom. The molecule has 9 heteroatoms. The summed E-state index contributed by atoms with van der Waals surface area (Å²) in [5, 5.41) is 14.1. The SMILES string of the molecule is COc1ccc(N2CC(C(=O)Nc3nnc(-c4cccs4)s3)CC2=O)cc1. The molecule has 2 amide bonds. The first-order valence-electron chi connectivity index (χ1n) is 8.26. The number of nitrogens with zero attached hydrogens (tertiary/aromatic N) is 3. The van der Waals surface area contributed by atoms with Gasteiger partial charge in [0.2, 0.25) is 16.9 Å². The lowest BCUT2D eigenvalue weighted by Crippen LogP contribution is -2.28. The second kappa shape index (κ2) is 7.45. The fourth-order valence-electron chi connectivity index (χ4n) is 2.88. The van der Waals surface area contributed by atoms with Crippen LogP contribution < -0.4 is 15.0 Å². The fourth-order valence-corrected chi connectivity index (χ4v) is 4.41. The molecule has 1 fully saturated rings. The van der Waals surface area contributed by atoms with E-state index in [9.17, 15) is 9.59 Å². The monoisotopic (exact) mass is 400 g/mol. The van der Waals surface area contributed by atoms with E-state index in [1.807, 2.05) is 29.6 Å². The van der Waals surface area contributed by atoms with Gasteiger partial charge < -0.3 is 15.0 Å². The van der Waals surface area contributed by atoms with Crippen LogP contribution in [0.5, 0.6) is 5.75 Å². The lowest BCUT2D eigenvalue weighted by atomic mass is 10.1. The Morgan fingerprint density at radius 1 is 1.26 bits per heavy atom. The number of methoxy groups -OCH3 is 1. The number of rotatable bonds is 5. The number of amides is 2. The zero-order chi connectivity index (χ0) is 18.8. The Hall–Kier alpha value is -2.78. The number of hydrogen-bond acceptors (Lipinski definition) is 7. The molecular weight excluding hydrogens is 384 g/mol. The van der Waals surface area contributed by atoms with Crippen LogP contribution in [0.3, 0.4) is 0 Å². The smallest absolute Gasteiger partial charge is 0.231 e. The lowest BCUT2D eigenvalue weighted by Gasteiger charge is -2.16. The van der Waals surface area contributed by atoms with Gasteiger partial charge >= 0.3 is 0 Å². The van der Waals surface area contributed by atoms with Crippen LogP contribution in [-0.4, -0.2) is 35.7 Å². The Labute approximate surface area is 163 Å². The van der Waals surface area contributed by atoms with Gasteiger partial charge in [-0.05, 0) is 35.7 Å². The first-order chi connectivity index (χ1) is 13.1. The molecule has 1 atom stereocenters. The normalized spacial score (nSPS) is 16.6. The highest BCUT2D eigenvalue weighted by Gasteiger charge is 2.35. The predicted octanol–water partition coefficient (Wildman–Crippen LogP) is 3.27. The molecule has 7 nitrogen and oxygen atoms in total. The van der Waals surface area contributed by atoms with Gasteiger partial charge in [0.05, 0.1) is 17.9 Å². The maximum atomic E-state index is 12.6. The van der Waals surface area contributed by atoms with E-state index in [1.165, 1.54) is 11.3 Å². The highest BCUT2D eigenvalue weighted by molar-refractivity contribution is 7.23. The average molecular weight is 400 g/mol. The maximum absolute atomic E-state index is 12.6. The first kappa shape index (κ1) is 17.6. The molecule has 1 saturated heterocycles. The summed E-state index contributed by atoms with van der Waals surface area (Å²) in [5.74, 6) is 0.0105. The van der Waals surface area contributed by atoms with Gasteiger partial charge in [0.15, 0.2) is 5.01 Å². The molecule has 27 heavy (non-hydrogen) atoms. The number of benzene rings is 1. The molecular formula is C18H16N4O3S2. The molecule has 1 N–H and O–H groups in total.